The fraction of sp³-hybridized carbons (Fsp3) is 0.435. The van der Waals surface area contributed by atoms with Crippen molar-refractivity contribution < 1.29 is 9.59 Å². The molecule has 4 heterocycles. The monoisotopic (exact) mass is 433 g/mol. The predicted molar refractivity (Wildman–Crippen MR) is 121 cm³/mol. The summed E-state index contributed by atoms with van der Waals surface area (Å²) in [5, 5.41) is 5.20. The van der Waals surface area contributed by atoms with E-state index in [1.165, 1.54) is 0 Å². The first-order valence-electron chi connectivity index (χ1n) is 11.0. The van der Waals surface area contributed by atoms with Crippen LogP contribution in [0.4, 0.5) is 11.5 Å². The lowest BCUT2D eigenvalue weighted by molar-refractivity contribution is -0.136. The van der Waals surface area contributed by atoms with Gasteiger partial charge in [-0.05, 0) is 31.0 Å². The van der Waals surface area contributed by atoms with E-state index in [0.29, 0.717) is 32.7 Å². The molecule has 0 aliphatic carbocycles. The highest BCUT2D eigenvalue weighted by atomic mass is 16.2. The molecule has 2 aliphatic heterocycles. The second kappa shape index (κ2) is 7.89. The summed E-state index contributed by atoms with van der Waals surface area (Å²) >= 11 is 0. The number of hydrogen-bond acceptors (Lipinski definition) is 6. The van der Waals surface area contributed by atoms with Crippen LogP contribution in [-0.2, 0) is 16.6 Å². The van der Waals surface area contributed by atoms with Crippen LogP contribution in [0.5, 0.6) is 0 Å². The molecule has 32 heavy (non-hydrogen) atoms. The zero-order chi connectivity index (χ0) is 22.4. The van der Waals surface area contributed by atoms with E-state index in [4.69, 9.17) is 0 Å². The van der Waals surface area contributed by atoms with Crippen molar-refractivity contribution in [3.8, 4) is 0 Å². The number of aromatic nitrogens is 4. The highest BCUT2D eigenvalue weighted by Crippen LogP contribution is 2.31. The summed E-state index contributed by atoms with van der Waals surface area (Å²) in [5.74, 6) is 0.654. The molecule has 2 fully saturated rings. The molecule has 9 nitrogen and oxygen atoms in total. The van der Waals surface area contributed by atoms with Crippen LogP contribution in [0.3, 0.4) is 0 Å². The van der Waals surface area contributed by atoms with E-state index in [-0.39, 0.29) is 24.2 Å². The number of nitrogens with zero attached hydrogens (tertiary/aromatic N) is 7. The summed E-state index contributed by atoms with van der Waals surface area (Å²) in [6.07, 6.45) is 3.62. The molecule has 0 N–H and O–H groups in total. The maximum absolute atomic E-state index is 13.2. The molecule has 2 aliphatic rings. The number of amides is 2. The van der Waals surface area contributed by atoms with Crippen molar-refractivity contribution in [1.29, 1.82) is 0 Å². The molecule has 9 heteroatoms. The average molecular weight is 434 g/mol. The van der Waals surface area contributed by atoms with E-state index < -0.39 is 0 Å². The fourth-order valence-electron chi connectivity index (χ4n) is 4.73. The van der Waals surface area contributed by atoms with Crippen LogP contribution >= 0.6 is 0 Å². The zero-order valence-corrected chi connectivity index (χ0v) is 18.7. The van der Waals surface area contributed by atoms with Crippen molar-refractivity contribution in [2.45, 2.75) is 20.3 Å². The summed E-state index contributed by atoms with van der Waals surface area (Å²) in [6.45, 7) is 7.11. The molecule has 0 radical (unpaired) electrons. The molecule has 0 saturated carbocycles. The van der Waals surface area contributed by atoms with Gasteiger partial charge in [-0.1, -0.05) is 12.1 Å². The SMILES string of the molecule is Cc1cccc(N2C[C@@H](C(=O)N3CCN(c4ncnc5c4cnn5C)CC3)CC2=O)c1C. The number of carbonyl (C=O) groups is 2. The van der Waals surface area contributed by atoms with Gasteiger partial charge in [0.05, 0.1) is 17.5 Å². The van der Waals surface area contributed by atoms with Gasteiger partial charge < -0.3 is 14.7 Å². The van der Waals surface area contributed by atoms with E-state index in [0.717, 1.165) is 33.7 Å². The van der Waals surface area contributed by atoms with Gasteiger partial charge >= 0.3 is 0 Å². The Morgan fingerprint density at radius 3 is 2.66 bits per heavy atom. The number of hydrogen-bond donors (Lipinski definition) is 0. The molecule has 0 spiro atoms. The normalized spacial score (nSPS) is 19.3. The maximum atomic E-state index is 13.2. The topological polar surface area (TPSA) is 87.5 Å². The molecular formula is C23H27N7O2. The first kappa shape index (κ1) is 20.4. The Labute approximate surface area is 186 Å². The Hall–Kier alpha value is -3.49. The van der Waals surface area contributed by atoms with Crippen LogP contribution in [0.25, 0.3) is 11.0 Å². The summed E-state index contributed by atoms with van der Waals surface area (Å²) in [7, 11) is 1.86. The van der Waals surface area contributed by atoms with E-state index in [1.807, 2.05) is 44.0 Å². The first-order valence-corrected chi connectivity index (χ1v) is 11.0. The third-order valence-corrected chi connectivity index (χ3v) is 6.74. The van der Waals surface area contributed by atoms with Gasteiger partial charge in [-0.25, -0.2) is 9.97 Å². The number of aryl methyl sites for hydroxylation is 2. The first-order chi connectivity index (χ1) is 15.4. The molecule has 3 aromatic rings. The lowest BCUT2D eigenvalue weighted by Crippen LogP contribution is -2.51. The highest BCUT2D eigenvalue weighted by molar-refractivity contribution is 6.01. The highest BCUT2D eigenvalue weighted by Gasteiger charge is 2.38. The Kier molecular flexibility index (Phi) is 5.03. The molecule has 1 aromatic carbocycles. The molecule has 5 rings (SSSR count). The Morgan fingerprint density at radius 1 is 1.09 bits per heavy atom. The predicted octanol–water partition coefficient (Wildman–Crippen LogP) is 1.68. The summed E-state index contributed by atoms with van der Waals surface area (Å²) < 4.78 is 1.74. The van der Waals surface area contributed by atoms with Crippen LogP contribution in [0.15, 0.2) is 30.7 Å². The lowest BCUT2D eigenvalue weighted by Gasteiger charge is -2.36. The van der Waals surface area contributed by atoms with E-state index in [1.54, 1.807) is 22.1 Å². The van der Waals surface area contributed by atoms with E-state index >= 15 is 0 Å². The van der Waals surface area contributed by atoms with Crippen LogP contribution in [-0.4, -0.2) is 69.2 Å². The summed E-state index contributed by atoms with van der Waals surface area (Å²) in [5.41, 5.74) is 3.95. The van der Waals surface area contributed by atoms with Crippen LogP contribution in [0.2, 0.25) is 0 Å². The molecule has 0 bridgehead atoms. The third kappa shape index (κ3) is 3.37. The van der Waals surface area contributed by atoms with Gasteiger partial charge in [-0.15, -0.1) is 0 Å². The smallest absolute Gasteiger partial charge is 0.228 e. The molecular weight excluding hydrogens is 406 g/mol. The second-order valence-electron chi connectivity index (χ2n) is 8.64. The molecule has 166 valence electrons. The van der Waals surface area contributed by atoms with E-state index in [9.17, 15) is 9.59 Å². The summed E-state index contributed by atoms with van der Waals surface area (Å²) in [4.78, 5) is 40.6. The lowest BCUT2D eigenvalue weighted by atomic mass is 10.1. The van der Waals surface area contributed by atoms with Gasteiger partial charge in [0.1, 0.15) is 12.1 Å². The zero-order valence-electron chi connectivity index (χ0n) is 18.7. The average Bonchev–Trinajstić information content (AvgIpc) is 3.38. The quantitative estimate of drug-likeness (QED) is 0.625. The van der Waals surface area contributed by atoms with Gasteiger partial charge in [0, 0.05) is 51.9 Å². The van der Waals surface area contributed by atoms with Crippen LogP contribution in [0.1, 0.15) is 17.5 Å². The molecule has 1 atom stereocenters. The number of piperazine rings is 1. The summed E-state index contributed by atoms with van der Waals surface area (Å²) in [6, 6.07) is 5.97. The van der Waals surface area contributed by atoms with Crippen molar-refractivity contribution in [3.63, 3.8) is 0 Å². The van der Waals surface area contributed by atoms with Crippen molar-refractivity contribution in [2.24, 2.45) is 13.0 Å². The Balaban J connectivity index is 1.26. The van der Waals surface area contributed by atoms with Crippen LogP contribution < -0.4 is 9.80 Å². The van der Waals surface area contributed by atoms with Crippen LogP contribution in [0, 0.1) is 19.8 Å². The number of rotatable bonds is 3. The Bertz CT molecular complexity index is 1200. The standard InChI is InChI=1S/C23H27N7O2/c1-15-5-4-6-19(16(15)2)30-13-17(11-20(30)31)23(32)29-9-7-28(8-10-29)22-18-12-26-27(3)21(18)24-14-25-22/h4-6,12,14,17H,7-11,13H2,1-3H3/t17-/m0/s1. The molecule has 0 unspecified atom stereocenters. The van der Waals surface area contributed by atoms with Gasteiger partial charge in [-0.3, -0.25) is 14.3 Å². The third-order valence-electron chi connectivity index (χ3n) is 6.74. The van der Waals surface area contributed by atoms with Gasteiger partial charge in [0.15, 0.2) is 5.65 Å². The minimum atomic E-state index is -0.293. The number of anilines is 2. The number of fused-ring (bicyclic) bond motifs is 1. The van der Waals surface area contributed by atoms with Gasteiger partial charge in [0.2, 0.25) is 11.8 Å². The van der Waals surface area contributed by atoms with Crippen molar-refractivity contribution in [3.05, 3.63) is 41.9 Å². The van der Waals surface area contributed by atoms with Gasteiger partial charge in [-0.2, -0.15) is 5.10 Å². The maximum Gasteiger partial charge on any atom is 0.228 e. The van der Waals surface area contributed by atoms with E-state index in [2.05, 4.69) is 20.0 Å². The Morgan fingerprint density at radius 2 is 1.88 bits per heavy atom. The van der Waals surface area contributed by atoms with Crippen molar-refractivity contribution >= 4 is 34.4 Å². The van der Waals surface area contributed by atoms with Crippen molar-refractivity contribution in [1.82, 2.24) is 24.6 Å². The number of benzene rings is 1. The van der Waals surface area contributed by atoms with Crippen molar-refractivity contribution in [2.75, 3.05) is 42.5 Å². The van der Waals surface area contributed by atoms with Gasteiger partial charge in [0.25, 0.3) is 0 Å². The molecule has 2 amide bonds. The second-order valence-corrected chi connectivity index (χ2v) is 8.64. The fourth-order valence-corrected chi connectivity index (χ4v) is 4.73. The minimum Gasteiger partial charge on any atom is -0.352 e. The minimum absolute atomic E-state index is 0.0237. The molecule has 2 aromatic heterocycles. The number of carbonyl (C=O) groups excluding carboxylic acids is 2. The molecule has 2 saturated heterocycles. The largest absolute Gasteiger partial charge is 0.352 e.